The number of pyridine rings is 2. The zero-order valence-electron chi connectivity index (χ0n) is 32.3. The number of aryl methyl sites for hydroxylation is 1. The number of likely N-dealkylation sites (N-methyl/N-ethyl adjacent to an activating group) is 1. The van der Waals surface area contributed by atoms with Crippen molar-refractivity contribution in [3.05, 3.63) is 75.0 Å². The molecule has 22 heteroatoms. The van der Waals surface area contributed by atoms with E-state index in [-0.39, 0.29) is 76.1 Å². The molecule has 4 aliphatic rings. The molecule has 0 spiro atoms. The van der Waals surface area contributed by atoms with Gasteiger partial charge in [-0.05, 0) is 43.2 Å². The molecule has 0 bridgehead atoms. The van der Waals surface area contributed by atoms with Crippen molar-refractivity contribution >= 4 is 81.1 Å². The van der Waals surface area contributed by atoms with Crippen LogP contribution in [0.2, 0.25) is 0 Å². The Labute approximate surface area is 349 Å². The van der Waals surface area contributed by atoms with Gasteiger partial charge in [0, 0.05) is 70.1 Å². The maximum Gasteiger partial charge on any atom is 0.352 e. The van der Waals surface area contributed by atoms with E-state index in [0.29, 0.717) is 49.4 Å². The van der Waals surface area contributed by atoms with Gasteiger partial charge in [-0.15, -0.1) is 11.8 Å². The van der Waals surface area contributed by atoms with Crippen LogP contribution in [0.3, 0.4) is 0 Å². The van der Waals surface area contributed by atoms with E-state index in [2.05, 4.69) is 20.9 Å². The lowest BCUT2D eigenvalue weighted by Crippen LogP contribution is -2.71. The first-order chi connectivity index (χ1) is 28.7. The second-order valence-corrected chi connectivity index (χ2v) is 16.2. The molecule has 1 aromatic carbocycles. The molecule has 60 heavy (non-hydrogen) atoms. The quantitative estimate of drug-likeness (QED) is 0.130. The molecule has 3 atom stereocenters. The van der Waals surface area contributed by atoms with Gasteiger partial charge in [0.25, 0.3) is 5.91 Å². The van der Waals surface area contributed by atoms with Crippen molar-refractivity contribution < 1.29 is 48.2 Å². The van der Waals surface area contributed by atoms with E-state index in [1.165, 1.54) is 35.4 Å². The van der Waals surface area contributed by atoms with Gasteiger partial charge in [0.2, 0.25) is 16.5 Å². The van der Waals surface area contributed by atoms with Crippen LogP contribution in [0.1, 0.15) is 35.8 Å². The number of aromatic hydroxyl groups is 1. The van der Waals surface area contributed by atoms with E-state index >= 15 is 4.39 Å². The van der Waals surface area contributed by atoms with E-state index in [1.54, 1.807) is 23.3 Å². The molecule has 0 unspecified atom stereocenters. The SMILES string of the molecule is CCN1CCN(C(=O)N[C@@H](C(=O)N[C@@H]2C(=O)N3C(C(=O)O)=C(CSC(=O)c4cn(CC)c5nc(N6CCNCC6)c(F)cc5c4=O)CS[C@H]23)c2ccc(O)cc2)C(=O)C1=O. The lowest BCUT2D eigenvalue weighted by atomic mass is 10.0. The third-order valence-electron chi connectivity index (χ3n) is 10.6. The molecule has 0 aliphatic carbocycles. The van der Waals surface area contributed by atoms with Crippen LogP contribution in [0.25, 0.3) is 11.0 Å². The predicted octanol–water partition coefficient (Wildman–Crippen LogP) is 0.424. The number of aliphatic carboxylic acids is 1. The number of rotatable bonds is 11. The van der Waals surface area contributed by atoms with Crippen molar-refractivity contribution in [2.24, 2.45) is 0 Å². The summed E-state index contributed by atoms with van der Waals surface area (Å²) in [6.07, 6.45) is 1.36. The van der Waals surface area contributed by atoms with E-state index in [1.807, 2.05) is 0 Å². The van der Waals surface area contributed by atoms with Crippen molar-refractivity contribution in [2.45, 2.75) is 37.8 Å². The van der Waals surface area contributed by atoms with Crippen LogP contribution in [0.4, 0.5) is 15.0 Å². The molecule has 0 radical (unpaired) electrons. The van der Waals surface area contributed by atoms with Gasteiger partial charge in [-0.1, -0.05) is 23.9 Å². The largest absolute Gasteiger partial charge is 0.508 e. The molecule has 316 valence electrons. The molecule has 4 aliphatic heterocycles. The molecule has 19 nitrogen and oxygen atoms in total. The number of fused-ring (bicyclic) bond motifs is 2. The summed E-state index contributed by atoms with van der Waals surface area (Å²) in [6, 6.07) is 2.50. The summed E-state index contributed by atoms with van der Waals surface area (Å²) in [5.41, 5.74) is -0.769. The molecule has 6 amide bonds. The highest BCUT2D eigenvalue weighted by Gasteiger charge is 2.54. The van der Waals surface area contributed by atoms with Crippen LogP contribution >= 0.6 is 23.5 Å². The molecule has 3 fully saturated rings. The number of β-lactam (4-membered cyclic amide) rings is 1. The average molecular weight is 866 g/mol. The number of thioether (sulfide) groups is 2. The number of phenols is 1. The number of carboxylic acid groups (broad SMARTS) is 1. The Morgan fingerprint density at radius 1 is 1.02 bits per heavy atom. The highest BCUT2D eigenvalue weighted by molar-refractivity contribution is 8.14. The number of nitrogens with one attached hydrogen (secondary N) is 3. The number of carboxylic acids is 1. The van der Waals surface area contributed by atoms with Gasteiger partial charge in [-0.2, -0.15) is 0 Å². The van der Waals surface area contributed by atoms with Gasteiger partial charge >= 0.3 is 23.8 Å². The summed E-state index contributed by atoms with van der Waals surface area (Å²) in [7, 11) is 0. The molecule has 2 aromatic heterocycles. The Kier molecular flexibility index (Phi) is 12.2. The zero-order chi connectivity index (χ0) is 43.0. The number of aromatic nitrogens is 2. The van der Waals surface area contributed by atoms with Crippen molar-refractivity contribution in [1.82, 2.24) is 40.2 Å². The topological polar surface area (TPSA) is 244 Å². The summed E-state index contributed by atoms with van der Waals surface area (Å²) < 4.78 is 16.9. The minimum atomic E-state index is -1.51. The van der Waals surface area contributed by atoms with E-state index < -0.39 is 69.4 Å². The fourth-order valence-corrected chi connectivity index (χ4v) is 9.68. The molecule has 7 rings (SSSR count). The second-order valence-electron chi connectivity index (χ2n) is 14.1. The summed E-state index contributed by atoms with van der Waals surface area (Å²) in [5, 5.41) is 26.6. The van der Waals surface area contributed by atoms with Crippen molar-refractivity contribution in [3.63, 3.8) is 0 Å². The third-order valence-corrected chi connectivity index (χ3v) is 12.9. The van der Waals surface area contributed by atoms with Gasteiger partial charge in [0.1, 0.15) is 34.6 Å². The molecule has 5 N–H and O–H groups in total. The number of hydrogen-bond acceptors (Lipinski definition) is 14. The number of urea groups is 1. The lowest BCUT2D eigenvalue weighted by Gasteiger charge is -2.49. The van der Waals surface area contributed by atoms with Gasteiger partial charge in [-0.3, -0.25) is 38.6 Å². The summed E-state index contributed by atoms with van der Waals surface area (Å²) >= 11 is 1.78. The average Bonchev–Trinajstić information content (AvgIpc) is 3.24. The molecule has 3 saturated heterocycles. The van der Waals surface area contributed by atoms with Crippen LogP contribution in [0, 0.1) is 5.82 Å². The number of hydrogen-bond donors (Lipinski definition) is 5. The Hall–Kier alpha value is -6.00. The van der Waals surface area contributed by atoms with Crippen LogP contribution in [-0.4, -0.2) is 144 Å². The number of anilines is 1. The summed E-state index contributed by atoms with van der Waals surface area (Å²) in [5.74, 6) is -6.01. The zero-order valence-corrected chi connectivity index (χ0v) is 33.9. The van der Waals surface area contributed by atoms with Gasteiger partial charge in [-0.25, -0.2) is 19.0 Å². The molecule has 3 aromatic rings. The number of benzene rings is 1. The fraction of sp³-hybridized carbons (Fsp3) is 0.395. The number of carbonyl (C=O) groups excluding carboxylic acids is 6. The summed E-state index contributed by atoms with van der Waals surface area (Å²) in [4.78, 5) is 115. The maximum atomic E-state index is 15.3. The molecule has 0 saturated carbocycles. The molecule has 6 heterocycles. The van der Waals surface area contributed by atoms with Crippen molar-refractivity contribution in [2.75, 3.05) is 62.2 Å². The Morgan fingerprint density at radius 2 is 1.73 bits per heavy atom. The number of piperazine rings is 2. The van der Waals surface area contributed by atoms with Crippen LogP contribution in [0.5, 0.6) is 5.75 Å². The van der Waals surface area contributed by atoms with Crippen molar-refractivity contribution in [1.29, 1.82) is 0 Å². The predicted molar refractivity (Wildman–Crippen MR) is 217 cm³/mol. The maximum absolute atomic E-state index is 15.3. The second kappa shape index (κ2) is 17.3. The minimum Gasteiger partial charge on any atom is -0.508 e. The Balaban J connectivity index is 1.06. The van der Waals surface area contributed by atoms with Crippen LogP contribution < -0.4 is 26.3 Å². The number of phenolic OH excluding ortho intramolecular Hbond substituents is 1. The number of imide groups is 1. The van der Waals surface area contributed by atoms with Crippen LogP contribution in [-0.2, 0) is 30.5 Å². The van der Waals surface area contributed by atoms with Crippen LogP contribution in [0.15, 0.2) is 52.6 Å². The number of halogens is 1. The number of amides is 6. The highest BCUT2D eigenvalue weighted by atomic mass is 32.2. The monoisotopic (exact) mass is 865 g/mol. The van der Waals surface area contributed by atoms with E-state index in [0.717, 1.165) is 22.7 Å². The number of carbonyl (C=O) groups is 7. The Bertz CT molecular complexity index is 2410. The normalized spacial score (nSPS) is 19.9. The fourth-order valence-electron chi connectivity index (χ4n) is 7.36. The lowest BCUT2D eigenvalue weighted by molar-refractivity contribution is -0.153. The third kappa shape index (κ3) is 7.88. The first-order valence-electron chi connectivity index (χ1n) is 19.0. The van der Waals surface area contributed by atoms with Gasteiger partial charge < -0.3 is 40.5 Å². The van der Waals surface area contributed by atoms with Gasteiger partial charge in [0.05, 0.1) is 10.9 Å². The highest BCUT2D eigenvalue weighted by Crippen LogP contribution is 2.41. The smallest absolute Gasteiger partial charge is 0.352 e. The van der Waals surface area contributed by atoms with E-state index in [9.17, 15) is 48.6 Å². The minimum absolute atomic E-state index is 0.0293. The molecular formula is C38H40FN9O10S2. The van der Waals surface area contributed by atoms with E-state index in [4.69, 9.17) is 0 Å². The summed E-state index contributed by atoms with van der Waals surface area (Å²) in [6.45, 7) is 6.32. The standard InChI is InChI=1S/C38H40FN9O10S2/c1-3-44-13-14-47(34(54)33(44)53)38(58)42-25(19-5-7-21(49)8-6-19)31(51)41-26-32(52)48-27(36(55)56)20(17-59-35(26)48)18-60-37(57)23-16-45(4-2)29-22(28(23)50)15-24(39)30(43-29)46-11-9-40-10-12-46/h5-8,15-16,25-26,35,40,49H,3-4,9-14,17-18H2,1-2H3,(H,41,51)(H,42,58)(H,55,56)/t25-,26-,35-/m1/s1. The number of nitrogens with zero attached hydrogens (tertiary/aromatic N) is 6. The first kappa shape index (κ1) is 42.1. The Morgan fingerprint density at radius 3 is 2.40 bits per heavy atom. The van der Waals surface area contributed by atoms with Gasteiger partial charge in [0.15, 0.2) is 11.6 Å². The first-order valence-corrected chi connectivity index (χ1v) is 21.0. The van der Waals surface area contributed by atoms with Crippen molar-refractivity contribution in [3.8, 4) is 5.75 Å². The molecular weight excluding hydrogens is 826 g/mol.